The Hall–Kier alpha value is -1.84. The van der Waals surface area contributed by atoms with Crippen LogP contribution in [0.25, 0.3) is 0 Å². The molecule has 0 fully saturated rings. The highest BCUT2D eigenvalue weighted by atomic mass is 19.1. The van der Waals surface area contributed by atoms with Crippen LogP contribution in [0.3, 0.4) is 0 Å². The standard InChI is InChI=1S/C13H15FN2O/c1-9-6-10(2)16(15-9)8-11-4-5-12(17-3)7-13(11)14/h4-7H,8H2,1-3H3. The fraction of sp³-hybridized carbons (Fsp3) is 0.308. The van der Waals surface area contributed by atoms with Crippen LogP contribution in [0.1, 0.15) is 17.0 Å². The summed E-state index contributed by atoms with van der Waals surface area (Å²) in [5.41, 5.74) is 2.58. The van der Waals surface area contributed by atoms with Crippen molar-refractivity contribution in [2.45, 2.75) is 20.4 Å². The Morgan fingerprint density at radius 2 is 2.06 bits per heavy atom. The topological polar surface area (TPSA) is 27.1 Å². The van der Waals surface area contributed by atoms with Crippen molar-refractivity contribution in [2.24, 2.45) is 0 Å². The van der Waals surface area contributed by atoms with Crippen molar-refractivity contribution < 1.29 is 9.13 Å². The predicted octanol–water partition coefficient (Wildman–Crippen LogP) is 2.70. The van der Waals surface area contributed by atoms with Gasteiger partial charge in [-0.25, -0.2) is 4.39 Å². The molecule has 0 unspecified atom stereocenters. The molecule has 0 aliphatic heterocycles. The van der Waals surface area contributed by atoms with E-state index in [0.717, 1.165) is 11.4 Å². The summed E-state index contributed by atoms with van der Waals surface area (Å²) in [5, 5.41) is 4.31. The van der Waals surface area contributed by atoms with Crippen LogP contribution in [0.4, 0.5) is 4.39 Å². The Labute approximate surface area is 99.8 Å². The average Bonchev–Trinajstić information content (AvgIpc) is 2.60. The van der Waals surface area contributed by atoms with E-state index in [1.165, 1.54) is 13.2 Å². The van der Waals surface area contributed by atoms with Crippen LogP contribution in [-0.2, 0) is 6.54 Å². The van der Waals surface area contributed by atoms with E-state index in [2.05, 4.69) is 5.10 Å². The minimum Gasteiger partial charge on any atom is -0.497 e. The molecule has 0 radical (unpaired) electrons. The second-order valence-electron chi connectivity index (χ2n) is 4.04. The van der Waals surface area contributed by atoms with Gasteiger partial charge < -0.3 is 4.74 Å². The number of halogens is 1. The first kappa shape index (κ1) is 11.6. The summed E-state index contributed by atoms with van der Waals surface area (Å²) < 4.78 is 20.5. The normalized spacial score (nSPS) is 10.6. The number of hydrogen-bond donors (Lipinski definition) is 0. The van der Waals surface area contributed by atoms with Gasteiger partial charge in [0, 0.05) is 17.3 Å². The van der Waals surface area contributed by atoms with Gasteiger partial charge in [-0.2, -0.15) is 5.10 Å². The van der Waals surface area contributed by atoms with Crippen molar-refractivity contribution in [3.05, 3.63) is 47.0 Å². The molecule has 0 saturated carbocycles. The average molecular weight is 234 g/mol. The van der Waals surface area contributed by atoms with Gasteiger partial charge in [-0.05, 0) is 26.0 Å². The lowest BCUT2D eigenvalue weighted by Gasteiger charge is -2.07. The molecule has 90 valence electrons. The third-order valence-corrected chi connectivity index (χ3v) is 2.68. The molecule has 3 nitrogen and oxygen atoms in total. The fourth-order valence-corrected chi connectivity index (χ4v) is 1.78. The number of ether oxygens (including phenoxy) is 1. The van der Waals surface area contributed by atoms with Crippen LogP contribution in [0.15, 0.2) is 24.3 Å². The Bertz CT molecular complexity index is 534. The zero-order valence-electron chi connectivity index (χ0n) is 10.2. The lowest BCUT2D eigenvalue weighted by Crippen LogP contribution is -2.05. The molecule has 0 aliphatic rings. The number of benzene rings is 1. The van der Waals surface area contributed by atoms with Gasteiger partial charge in [0.25, 0.3) is 0 Å². The number of nitrogens with zero attached hydrogens (tertiary/aromatic N) is 2. The third kappa shape index (κ3) is 2.46. The fourth-order valence-electron chi connectivity index (χ4n) is 1.78. The lowest BCUT2D eigenvalue weighted by atomic mass is 10.2. The molecular weight excluding hydrogens is 219 g/mol. The van der Waals surface area contributed by atoms with Gasteiger partial charge in [0.1, 0.15) is 11.6 Å². The molecule has 1 aromatic carbocycles. The molecule has 0 bridgehead atoms. The van der Waals surface area contributed by atoms with E-state index in [1.54, 1.807) is 16.8 Å². The predicted molar refractivity (Wildman–Crippen MR) is 63.8 cm³/mol. The Balaban J connectivity index is 2.27. The van der Waals surface area contributed by atoms with Gasteiger partial charge in [-0.15, -0.1) is 0 Å². The van der Waals surface area contributed by atoms with E-state index >= 15 is 0 Å². The van der Waals surface area contributed by atoms with Crippen molar-refractivity contribution in [3.63, 3.8) is 0 Å². The number of aryl methyl sites for hydroxylation is 2. The first-order valence-electron chi connectivity index (χ1n) is 5.43. The summed E-state index contributed by atoms with van der Waals surface area (Å²) in [4.78, 5) is 0. The maximum atomic E-state index is 13.7. The van der Waals surface area contributed by atoms with Crippen molar-refractivity contribution in [3.8, 4) is 5.75 Å². The summed E-state index contributed by atoms with van der Waals surface area (Å²) in [6, 6.07) is 6.84. The minimum atomic E-state index is -0.267. The van der Waals surface area contributed by atoms with E-state index in [-0.39, 0.29) is 5.82 Å². The molecule has 0 amide bonds. The van der Waals surface area contributed by atoms with E-state index in [9.17, 15) is 4.39 Å². The summed E-state index contributed by atoms with van der Waals surface area (Å²) in [7, 11) is 1.52. The van der Waals surface area contributed by atoms with Gasteiger partial charge in [0.15, 0.2) is 0 Å². The molecule has 0 N–H and O–H groups in total. The van der Waals surface area contributed by atoms with Crippen LogP contribution in [-0.4, -0.2) is 16.9 Å². The summed E-state index contributed by atoms with van der Waals surface area (Å²) in [6.07, 6.45) is 0. The lowest BCUT2D eigenvalue weighted by molar-refractivity contribution is 0.410. The molecule has 17 heavy (non-hydrogen) atoms. The molecule has 0 atom stereocenters. The number of rotatable bonds is 3. The zero-order chi connectivity index (χ0) is 12.4. The Morgan fingerprint density at radius 1 is 1.29 bits per heavy atom. The van der Waals surface area contributed by atoms with Crippen LogP contribution < -0.4 is 4.74 Å². The van der Waals surface area contributed by atoms with Gasteiger partial charge in [0.05, 0.1) is 19.3 Å². The van der Waals surface area contributed by atoms with Crippen molar-refractivity contribution in [1.82, 2.24) is 9.78 Å². The number of hydrogen-bond acceptors (Lipinski definition) is 2. The maximum Gasteiger partial charge on any atom is 0.131 e. The molecule has 2 aromatic rings. The monoisotopic (exact) mass is 234 g/mol. The molecule has 0 aliphatic carbocycles. The third-order valence-electron chi connectivity index (χ3n) is 2.68. The second-order valence-corrected chi connectivity index (χ2v) is 4.04. The second kappa shape index (κ2) is 4.57. The first-order valence-corrected chi connectivity index (χ1v) is 5.43. The smallest absolute Gasteiger partial charge is 0.131 e. The van der Waals surface area contributed by atoms with Gasteiger partial charge in [-0.3, -0.25) is 4.68 Å². The van der Waals surface area contributed by atoms with E-state index in [1.807, 2.05) is 19.9 Å². The van der Waals surface area contributed by atoms with E-state index < -0.39 is 0 Å². The molecule has 0 spiro atoms. The zero-order valence-corrected chi connectivity index (χ0v) is 10.2. The summed E-state index contributed by atoms with van der Waals surface area (Å²) >= 11 is 0. The highest BCUT2D eigenvalue weighted by Gasteiger charge is 2.07. The molecule has 1 aromatic heterocycles. The molecule has 1 heterocycles. The Morgan fingerprint density at radius 3 is 2.59 bits per heavy atom. The quantitative estimate of drug-likeness (QED) is 0.816. The summed E-state index contributed by atoms with van der Waals surface area (Å²) in [6.45, 7) is 4.32. The van der Waals surface area contributed by atoms with Gasteiger partial charge in [-0.1, -0.05) is 6.07 Å². The van der Waals surface area contributed by atoms with Crippen molar-refractivity contribution >= 4 is 0 Å². The van der Waals surface area contributed by atoms with Crippen LogP contribution in [0.5, 0.6) is 5.75 Å². The number of aromatic nitrogens is 2. The van der Waals surface area contributed by atoms with Crippen molar-refractivity contribution in [2.75, 3.05) is 7.11 Å². The SMILES string of the molecule is COc1ccc(Cn2nc(C)cc2C)c(F)c1. The maximum absolute atomic E-state index is 13.7. The first-order chi connectivity index (χ1) is 8.10. The van der Waals surface area contributed by atoms with E-state index in [0.29, 0.717) is 17.9 Å². The molecule has 2 rings (SSSR count). The van der Waals surface area contributed by atoms with Crippen molar-refractivity contribution in [1.29, 1.82) is 0 Å². The molecule has 4 heteroatoms. The van der Waals surface area contributed by atoms with Crippen LogP contribution in [0, 0.1) is 19.7 Å². The van der Waals surface area contributed by atoms with Crippen LogP contribution in [0.2, 0.25) is 0 Å². The highest BCUT2D eigenvalue weighted by Crippen LogP contribution is 2.17. The highest BCUT2D eigenvalue weighted by molar-refractivity contribution is 5.29. The largest absolute Gasteiger partial charge is 0.497 e. The Kier molecular flexibility index (Phi) is 3.13. The van der Waals surface area contributed by atoms with Crippen LogP contribution >= 0.6 is 0 Å². The van der Waals surface area contributed by atoms with Gasteiger partial charge >= 0.3 is 0 Å². The molecular formula is C13H15FN2O. The summed E-state index contributed by atoms with van der Waals surface area (Å²) in [5.74, 6) is 0.261. The molecule has 0 saturated heterocycles. The van der Waals surface area contributed by atoms with Gasteiger partial charge in [0.2, 0.25) is 0 Å². The number of methoxy groups -OCH3 is 1. The van der Waals surface area contributed by atoms with E-state index in [4.69, 9.17) is 4.74 Å². The minimum absolute atomic E-state index is 0.267.